The van der Waals surface area contributed by atoms with Crippen LogP contribution in [0.15, 0.2) is 121 Å². The normalized spacial score (nSPS) is 12.0. The lowest BCUT2D eigenvalue weighted by atomic mass is 9.88. The molecular weight excluding hydrogens is 565 g/mol. The Bertz CT molecular complexity index is 2340. The summed E-state index contributed by atoms with van der Waals surface area (Å²) in [6.07, 6.45) is 0. The van der Waals surface area contributed by atoms with Gasteiger partial charge in [-0.2, -0.15) is 0 Å². The third-order valence-corrected chi connectivity index (χ3v) is 10.3. The van der Waals surface area contributed by atoms with Gasteiger partial charge >= 0.3 is 0 Å². The average molecular weight is 601 g/mol. The van der Waals surface area contributed by atoms with Gasteiger partial charge in [0.25, 0.3) is 0 Å². The van der Waals surface area contributed by atoms with Crippen molar-refractivity contribution in [3.8, 4) is 22.5 Å². The molecule has 0 radical (unpaired) electrons. The summed E-state index contributed by atoms with van der Waals surface area (Å²) >= 11 is 1.80. The molecule has 0 aliphatic rings. The van der Waals surface area contributed by atoms with Crippen LogP contribution in [0.3, 0.4) is 0 Å². The number of rotatable bonds is 6. The highest BCUT2D eigenvalue weighted by atomic mass is 32.1. The first kappa shape index (κ1) is 27.8. The molecule has 0 aliphatic carbocycles. The molecule has 6 aromatic carbocycles. The second kappa shape index (κ2) is 11.0. The summed E-state index contributed by atoms with van der Waals surface area (Å²) in [5.74, 6) is 1.93. The highest BCUT2D eigenvalue weighted by Gasteiger charge is 2.21. The summed E-state index contributed by atoms with van der Waals surface area (Å²) in [6.45, 7) is 10.0. The van der Waals surface area contributed by atoms with Crippen LogP contribution in [-0.2, 0) is 6.54 Å². The lowest BCUT2D eigenvalue weighted by molar-refractivity contribution is 0.750. The molecule has 3 heteroatoms. The molecule has 0 bridgehead atoms. The van der Waals surface area contributed by atoms with Crippen molar-refractivity contribution in [1.82, 2.24) is 9.55 Å². The van der Waals surface area contributed by atoms with Crippen LogP contribution in [-0.4, -0.2) is 9.55 Å². The molecule has 0 spiro atoms. The minimum absolute atomic E-state index is 0.445. The smallest absolute Gasteiger partial charge is 0.142 e. The molecule has 0 aliphatic heterocycles. The van der Waals surface area contributed by atoms with Crippen molar-refractivity contribution in [3.05, 3.63) is 137 Å². The van der Waals surface area contributed by atoms with Crippen LogP contribution in [0, 0.1) is 0 Å². The van der Waals surface area contributed by atoms with Gasteiger partial charge in [-0.25, -0.2) is 4.98 Å². The van der Waals surface area contributed by atoms with Crippen molar-refractivity contribution in [3.63, 3.8) is 0 Å². The first-order valence-electron chi connectivity index (χ1n) is 16.0. The lowest BCUT2D eigenvalue weighted by Gasteiger charge is -2.21. The van der Waals surface area contributed by atoms with E-state index in [2.05, 4.69) is 153 Å². The van der Waals surface area contributed by atoms with E-state index in [9.17, 15) is 0 Å². The van der Waals surface area contributed by atoms with Crippen molar-refractivity contribution >= 4 is 54.0 Å². The quantitative estimate of drug-likeness (QED) is 0.174. The predicted molar refractivity (Wildman–Crippen MR) is 195 cm³/mol. The molecule has 0 fully saturated rings. The molecule has 2 nitrogen and oxygen atoms in total. The fraction of sp³-hybridized carbons (Fsp3) is 0.167. The molecule has 220 valence electrons. The number of benzene rings is 6. The van der Waals surface area contributed by atoms with Crippen LogP contribution < -0.4 is 0 Å². The molecule has 0 saturated heterocycles. The zero-order valence-electron chi connectivity index (χ0n) is 26.2. The lowest BCUT2D eigenvalue weighted by Crippen LogP contribution is -2.10. The molecule has 2 aromatic heterocycles. The topological polar surface area (TPSA) is 17.8 Å². The van der Waals surface area contributed by atoms with Crippen LogP contribution in [0.4, 0.5) is 0 Å². The van der Waals surface area contributed by atoms with E-state index in [0.717, 1.165) is 17.9 Å². The number of nitrogens with zero attached hydrogens (tertiary/aromatic N) is 2. The van der Waals surface area contributed by atoms with Crippen LogP contribution in [0.2, 0.25) is 0 Å². The Morgan fingerprint density at radius 2 is 1.27 bits per heavy atom. The highest BCUT2D eigenvalue weighted by molar-refractivity contribution is 7.17. The van der Waals surface area contributed by atoms with E-state index in [1.165, 1.54) is 70.5 Å². The monoisotopic (exact) mass is 600 g/mol. The van der Waals surface area contributed by atoms with Crippen LogP contribution in [0.1, 0.15) is 56.2 Å². The largest absolute Gasteiger partial charge is 0.319 e. The molecule has 2 heterocycles. The van der Waals surface area contributed by atoms with Crippen LogP contribution in [0.25, 0.3) is 65.2 Å². The molecule has 45 heavy (non-hydrogen) atoms. The molecule has 0 unspecified atom stereocenters. The Morgan fingerprint density at radius 1 is 0.622 bits per heavy atom. The van der Waals surface area contributed by atoms with Gasteiger partial charge in [-0.3, -0.25) is 0 Å². The molecular formula is C42H36N2S. The summed E-state index contributed by atoms with van der Waals surface area (Å²) in [4.78, 5) is 5.30. The minimum atomic E-state index is 0.445. The van der Waals surface area contributed by atoms with E-state index < -0.39 is 0 Å². The Hall–Kier alpha value is -4.73. The maximum Gasteiger partial charge on any atom is 0.142 e. The van der Waals surface area contributed by atoms with E-state index in [4.69, 9.17) is 4.98 Å². The second-order valence-electron chi connectivity index (χ2n) is 12.8. The van der Waals surface area contributed by atoms with Crippen molar-refractivity contribution in [2.24, 2.45) is 0 Å². The highest BCUT2D eigenvalue weighted by Crippen LogP contribution is 2.39. The summed E-state index contributed by atoms with van der Waals surface area (Å²) in [7, 11) is 0. The zero-order chi connectivity index (χ0) is 30.7. The molecule has 8 rings (SSSR count). The average Bonchev–Trinajstić information content (AvgIpc) is 3.65. The van der Waals surface area contributed by atoms with Gasteiger partial charge in [0.15, 0.2) is 0 Å². The van der Waals surface area contributed by atoms with Gasteiger partial charge in [0.05, 0.1) is 17.6 Å². The maximum absolute atomic E-state index is 5.30. The number of fused-ring (bicyclic) bond motifs is 5. The third kappa shape index (κ3) is 4.74. The number of thiophene rings is 1. The second-order valence-corrected chi connectivity index (χ2v) is 13.7. The summed E-state index contributed by atoms with van der Waals surface area (Å²) < 4.78 is 3.74. The molecule has 0 amide bonds. The minimum Gasteiger partial charge on any atom is -0.319 e. The Balaban J connectivity index is 1.30. The third-order valence-electron chi connectivity index (χ3n) is 9.36. The number of hydrogen-bond acceptors (Lipinski definition) is 2. The van der Waals surface area contributed by atoms with E-state index in [1.807, 2.05) is 0 Å². The van der Waals surface area contributed by atoms with E-state index in [-0.39, 0.29) is 0 Å². The summed E-state index contributed by atoms with van der Waals surface area (Å²) in [5.41, 5.74) is 10.2. The maximum atomic E-state index is 5.30. The first-order valence-corrected chi connectivity index (χ1v) is 16.8. The van der Waals surface area contributed by atoms with Gasteiger partial charge in [0, 0.05) is 21.0 Å². The molecule has 0 saturated carbocycles. The predicted octanol–water partition coefficient (Wildman–Crippen LogP) is 12.2. The molecule has 0 N–H and O–H groups in total. The van der Waals surface area contributed by atoms with E-state index >= 15 is 0 Å². The fourth-order valence-electron chi connectivity index (χ4n) is 7.05. The summed E-state index contributed by atoms with van der Waals surface area (Å²) in [5, 5.41) is 8.70. The van der Waals surface area contributed by atoms with Crippen LogP contribution >= 0.6 is 11.3 Å². The molecule has 0 atom stereocenters. The van der Waals surface area contributed by atoms with Gasteiger partial charge in [-0.1, -0.05) is 113 Å². The zero-order valence-corrected chi connectivity index (χ0v) is 27.0. The van der Waals surface area contributed by atoms with Crippen molar-refractivity contribution in [2.75, 3.05) is 0 Å². The van der Waals surface area contributed by atoms with Crippen molar-refractivity contribution in [2.45, 2.75) is 46.1 Å². The van der Waals surface area contributed by atoms with Crippen LogP contribution in [0.5, 0.6) is 0 Å². The van der Waals surface area contributed by atoms with Gasteiger partial charge < -0.3 is 4.57 Å². The van der Waals surface area contributed by atoms with E-state index in [1.54, 1.807) is 11.3 Å². The number of hydrogen-bond donors (Lipinski definition) is 0. The number of aromatic nitrogens is 2. The first-order chi connectivity index (χ1) is 22.0. The van der Waals surface area contributed by atoms with Gasteiger partial charge in [0.2, 0.25) is 0 Å². The fourth-order valence-corrected chi connectivity index (χ4v) is 7.97. The Morgan fingerprint density at radius 3 is 2.04 bits per heavy atom. The SMILES string of the molecule is CC(C)c1cccc(C(C)C)c1Cn1c(-c2csc3ccc(-c4ccc5ccc6ccccc6c5c4)cc23)nc2ccccc21. The Labute approximate surface area is 268 Å². The van der Waals surface area contributed by atoms with E-state index in [0.29, 0.717) is 11.8 Å². The number of para-hydroxylation sites is 2. The summed E-state index contributed by atoms with van der Waals surface area (Å²) in [6, 6.07) is 42.4. The van der Waals surface area contributed by atoms with Crippen molar-refractivity contribution < 1.29 is 0 Å². The molecule has 8 aromatic rings. The van der Waals surface area contributed by atoms with Gasteiger partial charge in [0.1, 0.15) is 5.82 Å². The van der Waals surface area contributed by atoms with Crippen molar-refractivity contribution in [1.29, 1.82) is 0 Å². The number of imidazole rings is 1. The Kier molecular flexibility index (Phi) is 6.80. The van der Waals surface area contributed by atoms with Gasteiger partial charge in [-0.05, 0) is 91.5 Å². The standard InChI is InChI=1S/C42H36N2S/c1-26(2)32-12-9-13-33(27(3)4)37(32)24-44-40-15-8-7-14-39(40)43-42(44)38-25-45-41-21-20-31(23-36(38)41)30-19-18-29-17-16-28-10-5-6-11-34(28)35(29)22-30/h5-23,25-27H,24H2,1-4H3. The van der Waals surface area contributed by atoms with Gasteiger partial charge in [-0.15, -0.1) is 11.3 Å².